The molecule has 0 spiro atoms. The van der Waals surface area contributed by atoms with Crippen LogP contribution >= 0.6 is 0 Å². The molecule has 5 heteroatoms. The van der Waals surface area contributed by atoms with Crippen molar-refractivity contribution >= 4 is 11.9 Å². The minimum absolute atomic E-state index is 0.0648. The van der Waals surface area contributed by atoms with Gasteiger partial charge in [0.1, 0.15) is 6.61 Å². The number of esters is 2. The Morgan fingerprint density at radius 3 is 1.01 bits per heavy atom. The zero-order chi connectivity index (χ0) is 52.0. The Kier molecular flexibility index (Phi) is 58.9. The van der Waals surface area contributed by atoms with Gasteiger partial charge < -0.3 is 14.2 Å². The largest absolute Gasteiger partial charge is 0.462 e. The van der Waals surface area contributed by atoms with Gasteiger partial charge in [-0.15, -0.1) is 0 Å². The Hall–Kier alpha value is -3.44. The second-order valence-electron chi connectivity index (χ2n) is 19.8. The highest BCUT2D eigenvalue weighted by atomic mass is 16.6. The summed E-state index contributed by atoms with van der Waals surface area (Å²) in [6.07, 6.45) is 85.4. The third-order valence-electron chi connectivity index (χ3n) is 12.8. The molecular formula is C67H114O5. The predicted octanol–water partition coefficient (Wildman–Crippen LogP) is 21.1. The quantitative estimate of drug-likeness (QED) is 0.0345. The molecule has 0 saturated heterocycles. The number of rotatable bonds is 55. The summed E-state index contributed by atoms with van der Waals surface area (Å²) in [5.74, 6) is -0.431. The fraction of sp³-hybridized carbons (Fsp3) is 0.701. The van der Waals surface area contributed by atoms with Gasteiger partial charge in [0, 0.05) is 19.4 Å². The first kappa shape index (κ1) is 68.6. The summed E-state index contributed by atoms with van der Waals surface area (Å²) in [5.41, 5.74) is 0. The van der Waals surface area contributed by atoms with Gasteiger partial charge in [0.15, 0.2) is 6.10 Å². The van der Waals surface area contributed by atoms with Crippen molar-refractivity contribution in [2.24, 2.45) is 0 Å². The molecule has 1 unspecified atom stereocenters. The van der Waals surface area contributed by atoms with Crippen LogP contribution in [0, 0.1) is 0 Å². The maximum Gasteiger partial charge on any atom is 0.306 e. The van der Waals surface area contributed by atoms with Crippen molar-refractivity contribution in [3.63, 3.8) is 0 Å². The third kappa shape index (κ3) is 59.1. The van der Waals surface area contributed by atoms with Gasteiger partial charge in [-0.05, 0) is 122 Å². The minimum Gasteiger partial charge on any atom is -0.462 e. The zero-order valence-electron chi connectivity index (χ0n) is 47.4. The molecule has 0 bridgehead atoms. The summed E-state index contributed by atoms with van der Waals surface area (Å²) >= 11 is 0. The fourth-order valence-corrected chi connectivity index (χ4v) is 8.31. The lowest BCUT2D eigenvalue weighted by atomic mass is 10.1. The van der Waals surface area contributed by atoms with Crippen LogP contribution in [0.1, 0.15) is 278 Å². The molecule has 0 fully saturated rings. The molecule has 0 aromatic rings. The second kappa shape index (κ2) is 61.9. The molecule has 0 rings (SSSR count). The zero-order valence-corrected chi connectivity index (χ0v) is 47.4. The van der Waals surface area contributed by atoms with E-state index in [1.54, 1.807) is 0 Å². The summed E-state index contributed by atoms with van der Waals surface area (Å²) in [6.45, 7) is 7.56. The molecule has 0 aromatic carbocycles. The first-order valence-corrected chi connectivity index (χ1v) is 30.4. The number of hydrogen-bond acceptors (Lipinski definition) is 5. The summed E-state index contributed by atoms with van der Waals surface area (Å²) in [7, 11) is 0. The number of carbonyl (C=O) groups excluding carboxylic acids is 2. The molecule has 0 radical (unpaired) electrons. The average molecular weight is 1000 g/mol. The normalized spacial score (nSPS) is 13.0. The summed E-state index contributed by atoms with van der Waals surface area (Å²) in [5, 5.41) is 0. The van der Waals surface area contributed by atoms with E-state index < -0.39 is 6.10 Å². The standard InChI is InChI=1S/C67H114O5/c1-4-7-10-13-16-19-22-25-28-31-33-35-38-41-44-47-50-53-56-59-62-70-63-65(72-67(69)61-58-55-52-49-46-43-40-36-30-27-24-21-18-15-12-9-6-3)64-71-66(68)60-57-54-51-48-45-42-39-37-34-32-29-26-23-20-17-14-11-8-5-2/h7,9-10,12,16,18-19,21,25-30,33,35,40,43,65H,4-6,8,11,13-15,17,20,22-24,31-32,34,36-39,41-42,44-64H2,1-3H3/b10-7-,12-9-,19-16-,21-18-,28-25-,29-26-,30-27-,35-33-,43-40-. The molecule has 0 amide bonds. The molecule has 1 atom stereocenters. The number of unbranched alkanes of at least 4 members (excludes halogenated alkanes) is 26. The second-order valence-corrected chi connectivity index (χ2v) is 19.8. The highest BCUT2D eigenvalue weighted by Gasteiger charge is 2.17. The Bertz CT molecular complexity index is 1410. The van der Waals surface area contributed by atoms with Gasteiger partial charge in [-0.3, -0.25) is 9.59 Å². The van der Waals surface area contributed by atoms with Gasteiger partial charge in [0.05, 0.1) is 6.61 Å². The summed E-state index contributed by atoms with van der Waals surface area (Å²) in [6, 6.07) is 0. The van der Waals surface area contributed by atoms with E-state index in [4.69, 9.17) is 14.2 Å². The SMILES string of the molecule is CC/C=C\C/C=C\C/C=C\C/C=C\CCCCCCCCCOCC(COC(=O)CCCCCCCCCCC/C=C\CCCCCCCC)OC(=O)CCCCCC/C=C\C/C=C\C/C=C\C/C=C\CC. The van der Waals surface area contributed by atoms with Gasteiger partial charge in [-0.1, -0.05) is 252 Å². The van der Waals surface area contributed by atoms with Crippen LogP contribution in [-0.4, -0.2) is 37.9 Å². The van der Waals surface area contributed by atoms with E-state index in [1.807, 2.05) is 0 Å². The summed E-state index contributed by atoms with van der Waals surface area (Å²) in [4.78, 5) is 25.6. The van der Waals surface area contributed by atoms with Crippen molar-refractivity contribution in [2.75, 3.05) is 19.8 Å². The molecule has 0 aliphatic rings. The number of ether oxygens (including phenoxy) is 3. The Balaban J connectivity index is 4.35. The van der Waals surface area contributed by atoms with Crippen LogP contribution < -0.4 is 0 Å². The van der Waals surface area contributed by atoms with Gasteiger partial charge >= 0.3 is 11.9 Å². The lowest BCUT2D eigenvalue weighted by Gasteiger charge is -2.18. The molecule has 0 saturated carbocycles. The minimum atomic E-state index is -0.564. The van der Waals surface area contributed by atoms with E-state index in [9.17, 15) is 9.59 Å². The van der Waals surface area contributed by atoms with E-state index >= 15 is 0 Å². The number of carbonyl (C=O) groups is 2. The fourth-order valence-electron chi connectivity index (χ4n) is 8.31. The van der Waals surface area contributed by atoms with E-state index in [-0.39, 0.29) is 25.2 Å². The van der Waals surface area contributed by atoms with Crippen molar-refractivity contribution < 1.29 is 23.8 Å². The monoisotopic (exact) mass is 999 g/mol. The van der Waals surface area contributed by atoms with Crippen LogP contribution in [0.3, 0.4) is 0 Å². The van der Waals surface area contributed by atoms with Gasteiger partial charge in [-0.2, -0.15) is 0 Å². The molecule has 5 nitrogen and oxygen atoms in total. The van der Waals surface area contributed by atoms with E-state index in [0.717, 1.165) is 116 Å². The van der Waals surface area contributed by atoms with Crippen LogP contribution in [0.15, 0.2) is 109 Å². The van der Waals surface area contributed by atoms with E-state index in [0.29, 0.717) is 19.4 Å². The highest BCUT2D eigenvalue weighted by molar-refractivity contribution is 5.70. The lowest BCUT2D eigenvalue weighted by molar-refractivity contribution is -0.163. The van der Waals surface area contributed by atoms with Crippen LogP contribution in [0.2, 0.25) is 0 Å². The topological polar surface area (TPSA) is 61.8 Å². The third-order valence-corrected chi connectivity index (χ3v) is 12.8. The maximum atomic E-state index is 12.9. The molecule has 0 N–H and O–H groups in total. The molecule has 0 aliphatic carbocycles. The summed E-state index contributed by atoms with van der Waals surface area (Å²) < 4.78 is 17.5. The predicted molar refractivity (Wildman–Crippen MR) is 316 cm³/mol. The molecular weight excluding hydrogens is 885 g/mol. The van der Waals surface area contributed by atoms with Crippen LogP contribution in [0.25, 0.3) is 0 Å². The molecule has 412 valence electrons. The molecule has 72 heavy (non-hydrogen) atoms. The first-order chi connectivity index (χ1) is 35.6. The van der Waals surface area contributed by atoms with Crippen molar-refractivity contribution in [3.8, 4) is 0 Å². The van der Waals surface area contributed by atoms with Crippen molar-refractivity contribution in [1.82, 2.24) is 0 Å². The first-order valence-electron chi connectivity index (χ1n) is 30.4. The number of hydrogen-bond donors (Lipinski definition) is 0. The molecule has 0 aliphatic heterocycles. The van der Waals surface area contributed by atoms with Gasteiger partial charge in [0.2, 0.25) is 0 Å². The molecule has 0 aromatic heterocycles. The van der Waals surface area contributed by atoms with Crippen LogP contribution in [0.4, 0.5) is 0 Å². The Labute approximate surface area is 446 Å². The maximum absolute atomic E-state index is 12.9. The van der Waals surface area contributed by atoms with Gasteiger partial charge in [0.25, 0.3) is 0 Å². The molecule has 0 heterocycles. The van der Waals surface area contributed by atoms with E-state index in [1.165, 1.54) is 128 Å². The van der Waals surface area contributed by atoms with E-state index in [2.05, 4.69) is 130 Å². The van der Waals surface area contributed by atoms with Crippen molar-refractivity contribution in [3.05, 3.63) is 109 Å². The lowest BCUT2D eigenvalue weighted by Crippen LogP contribution is -2.30. The van der Waals surface area contributed by atoms with Gasteiger partial charge in [-0.25, -0.2) is 0 Å². The number of allylic oxidation sites excluding steroid dienone is 18. The highest BCUT2D eigenvalue weighted by Crippen LogP contribution is 2.15. The van der Waals surface area contributed by atoms with Crippen molar-refractivity contribution in [1.29, 1.82) is 0 Å². The van der Waals surface area contributed by atoms with Crippen molar-refractivity contribution in [2.45, 2.75) is 284 Å². The smallest absolute Gasteiger partial charge is 0.306 e. The van der Waals surface area contributed by atoms with Crippen LogP contribution in [-0.2, 0) is 23.8 Å². The Morgan fingerprint density at radius 2 is 0.625 bits per heavy atom. The average Bonchev–Trinajstić information content (AvgIpc) is 3.38. The Morgan fingerprint density at radius 1 is 0.319 bits per heavy atom. The van der Waals surface area contributed by atoms with Crippen LogP contribution in [0.5, 0.6) is 0 Å².